The number of fused-ring (bicyclic) bond motifs is 7. The number of halogens is 4. The number of hydrogen-bond donors (Lipinski definition) is 1. The SMILES string of the molecule is O=[N+]([O-])c1cc(Br)c2nc1-c1nnc(o1)C(O)(C(F)(F)F)CC/C=C\C[C@@H]1CCCN21. The van der Waals surface area contributed by atoms with Crippen LogP contribution in [0.3, 0.4) is 0 Å². The largest absolute Gasteiger partial charge is 0.426 e. The molecule has 2 aliphatic rings. The molecular formula is C18H17BrF3N5O4. The van der Waals surface area contributed by atoms with Gasteiger partial charge in [0.15, 0.2) is 0 Å². The average molecular weight is 504 g/mol. The highest BCUT2D eigenvalue weighted by Gasteiger charge is 2.58. The second-order valence-corrected chi connectivity index (χ2v) is 8.28. The fourth-order valence-corrected chi connectivity index (χ4v) is 4.38. The maximum atomic E-state index is 13.7. The first-order chi connectivity index (χ1) is 14.6. The standard InChI is InChI=1S/C18H17BrF3N5O4/c19-11-9-12(27(29)30)13-15-24-25-16(31-15)17(28,18(20,21)22)7-3-1-2-5-10-6-4-8-26(10)14(11)23-13/h1-2,9-10,28H,3-8H2/b2-1-/t10-,17?/m1/s1. The Labute approximate surface area is 182 Å². The van der Waals surface area contributed by atoms with Crippen LogP contribution in [0, 0.1) is 10.1 Å². The molecule has 31 heavy (non-hydrogen) atoms. The summed E-state index contributed by atoms with van der Waals surface area (Å²) in [4.78, 5) is 17.2. The number of anilines is 1. The molecule has 0 radical (unpaired) electrons. The van der Waals surface area contributed by atoms with E-state index in [-0.39, 0.29) is 18.2 Å². The molecule has 9 nitrogen and oxygen atoms in total. The van der Waals surface area contributed by atoms with Crippen molar-refractivity contribution in [2.24, 2.45) is 0 Å². The van der Waals surface area contributed by atoms with Crippen molar-refractivity contribution in [3.63, 3.8) is 0 Å². The molecule has 2 aromatic rings. The second kappa shape index (κ2) is 7.86. The van der Waals surface area contributed by atoms with Crippen LogP contribution >= 0.6 is 15.9 Å². The summed E-state index contributed by atoms with van der Waals surface area (Å²) < 4.78 is 46.6. The molecule has 2 aromatic heterocycles. The van der Waals surface area contributed by atoms with Gasteiger partial charge in [-0.25, -0.2) is 4.98 Å². The van der Waals surface area contributed by atoms with E-state index in [0.29, 0.717) is 23.3 Å². The molecule has 2 atom stereocenters. The molecular weight excluding hydrogens is 487 g/mol. The average Bonchev–Trinajstić information content (AvgIpc) is 3.35. The molecule has 0 saturated carbocycles. The van der Waals surface area contributed by atoms with Gasteiger partial charge in [-0.1, -0.05) is 12.2 Å². The third-order valence-electron chi connectivity index (χ3n) is 5.48. The van der Waals surface area contributed by atoms with E-state index >= 15 is 0 Å². The monoisotopic (exact) mass is 503 g/mol. The smallest absolute Gasteiger partial charge is 0.415 e. The highest BCUT2D eigenvalue weighted by molar-refractivity contribution is 9.10. The van der Waals surface area contributed by atoms with E-state index in [9.17, 15) is 28.4 Å². The van der Waals surface area contributed by atoms with Gasteiger partial charge in [0, 0.05) is 18.7 Å². The summed E-state index contributed by atoms with van der Waals surface area (Å²) in [5.74, 6) is -1.25. The van der Waals surface area contributed by atoms with Crippen molar-refractivity contribution in [3.8, 4) is 11.6 Å². The fourth-order valence-electron chi connectivity index (χ4n) is 3.85. The summed E-state index contributed by atoms with van der Waals surface area (Å²) in [7, 11) is 0. The summed E-state index contributed by atoms with van der Waals surface area (Å²) >= 11 is 3.32. The zero-order valence-electron chi connectivity index (χ0n) is 16.0. The maximum Gasteiger partial charge on any atom is 0.426 e. The molecule has 0 aliphatic carbocycles. The number of hydrogen-bond acceptors (Lipinski definition) is 8. The van der Waals surface area contributed by atoms with Gasteiger partial charge in [0.1, 0.15) is 5.82 Å². The maximum absolute atomic E-state index is 13.7. The Morgan fingerprint density at radius 2 is 2.13 bits per heavy atom. The predicted molar refractivity (Wildman–Crippen MR) is 105 cm³/mol. The zero-order valence-corrected chi connectivity index (χ0v) is 17.6. The van der Waals surface area contributed by atoms with Crippen LogP contribution in [-0.4, -0.2) is 44.0 Å². The first kappa shape index (κ1) is 21.7. The second-order valence-electron chi connectivity index (χ2n) is 7.42. The number of alkyl halides is 3. The Bertz CT molecular complexity index is 1040. The summed E-state index contributed by atoms with van der Waals surface area (Å²) in [6, 6.07) is 1.24. The molecule has 0 aromatic carbocycles. The molecule has 4 bridgehead atoms. The van der Waals surface area contributed by atoms with Crippen LogP contribution in [0.5, 0.6) is 0 Å². The van der Waals surface area contributed by atoms with Crippen molar-refractivity contribution in [2.75, 3.05) is 11.4 Å². The van der Waals surface area contributed by atoms with Gasteiger partial charge in [0.05, 0.1) is 9.40 Å². The lowest BCUT2D eigenvalue weighted by Crippen LogP contribution is -2.42. The Hall–Kier alpha value is -2.54. The van der Waals surface area contributed by atoms with Crippen molar-refractivity contribution in [3.05, 3.63) is 38.7 Å². The van der Waals surface area contributed by atoms with Crippen molar-refractivity contribution < 1.29 is 27.6 Å². The molecule has 1 saturated heterocycles. The van der Waals surface area contributed by atoms with Crippen molar-refractivity contribution >= 4 is 27.4 Å². The molecule has 4 rings (SSSR count). The van der Waals surface area contributed by atoms with Crippen molar-refractivity contribution in [1.29, 1.82) is 0 Å². The summed E-state index contributed by atoms with van der Waals surface area (Å²) in [5.41, 5.74) is -4.26. The van der Waals surface area contributed by atoms with Gasteiger partial charge in [-0.2, -0.15) is 13.2 Å². The molecule has 1 unspecified atom stereocenters. The molecule has 1 fully saturated rings. The van der Waals surface area contributed by atoms with Crippen LogP contribution in [0.4, 0.5) is 24.7 Å². The first-order valence-corrected chi connectivity index (χ1v) is 10.3. The number of allylic oxidation sites excluding steroid dienone is 1. The first-order valence-electron chi connectivity index (χ1n) is 9.52. The number of nitrogens with zero attached hydrogens (tertiary/aromatic N) is 5. The van der Waals surface area contributed by atoms with Gasteiger partial charge in [-0.3, -0.25) is 10.1 Å². The van der Waals surface area contributed by atoms with Crippen molar-refractivity contribution in [1.82, 2.24) is 15.2 Å². The van der Waals surface area contributed by atoms with Gasteiger partial charge >= 0.3 is 11.9 Å². The third kappa shape index (κ3) is 3.80. The van der Waals surface area contributed by atoms with E-state index in [1.165, 1.54) is 6.07 Å². The van der Waals surface area contributed by atoms with Gasteiger partial charge < -0.3 is 14.4 Å². The summed E-state index contributed by atoms with van der Waals surface area (Å²) in [6.07, 6.45) is -0.278. The summed E-state index contributed by atoms with van der Waals surface area (Å²) in [5, 5.41) is 28.9. The van der Waals surface area contributed by atoms with E-state index in [1.54, 1.807) is 12.2 Å². The van der Waals surface area contributed by atoms with Crippen LogP contribution in [0.25, 0.3) is 11.6 Å². The topological polar surface area (TPSA) is 118 Å². The van der Waals surface area contributed by atoms with Crippen LogP contribution in [0.15, 0.2) is 27.1 Å². The molecule has 13 heteroatoms. The van der Waals surface area contributed by atoms with E-state index in [1.807, 2.05) is 4.90 Å². The predicted octanol–water partition coefficient (Wildman–Crippen LogP) is 4.26. The Kier molecular flexibility index (Phi) is 5.50. The lowest BCUT2D eigenvalue weighted by atomic mass is 9.96. The van der Waals surface area contributed by atoms with E-state index in [2.05, 4.69) is 31.1 Å². The van der Waals surface area contributed by atoms with Gasteiger partial charge in [0.25, 0.3) is 11.8 Å². The molecule has 0 amide bonds. The lowest BCUT2D eigenvalue weighted by molar-refractivity contribution is -0.384. The third-order valence-corrected chi connectivity index (χ3v) is 6.06. The van der Waals surface area contributed by atoms with Crippen LogP contribution in [0.1, 0.15) is 38.0 Å². The van der Waals surface area contributed by atoms with Crippen LogP contribution in [0.2, 0.25) is 0 Å². The molecule has 0 spiro atoms. The minimum absolute atomic E-state index is 0.0250. The van der Waals surface area contributed by atoms with E-state index in [0.717, 1.165) is 12.8 Å². The van der Waals surface area contributed by atoms with Gasteiger partial charge in [-0.05, 0) is 48.0 Å². The normalized spacial score (nSPS) is 25.1. The molecule has 166 valence electrons. The fraction of sp³-hybridized carbons (Fsp3) is 0.500. The van der Waals surface area contributed by atoms with Crippen molar-refractivity contribution in [2.45, 2.75) is 49.9 Å². The van der Waals surface area contributed by atoms with Gasteiger partial charge in [0.2, 0.25) is 11.3 Å². The van der Waals surface area contributed by atoms with Gasteiger partial charge in [-0.15, -0.1) is 10.2 Å². The molecule has 1 N–H and O–H groups in total. The Morgan fingerprint density at radius 3 is 2.84 bits per heavy atom. The van der Waals surface area contributed by atoms with E-state index in [4.69, 9.17) is 4.42 Å². The zero-order chi connectivity index (χ0) is 22.4. The lowest BCUT2D eigenvalue weighted by Gasteiger charge is -2.27. The highest BCUT2D eigenvalue weighted by Crippen LogP contribution is 2.44. The van der Waals surface area contributed by atoms with Crippen LogP contribution < -0.4 is 4.90 Å². The number of pyridine rings is 1. The Morgan fingerprint density at radius 1 is 1.35 bits per heavy atom. The number of aliphatic hydroxyl groups is 1. The number of nitro groups is 1. The van der Waals surface area contributed by atoms with Crippen LogP contribution in [-0.2, 0) is 5.60 Å². The molecule has 4 heterocycles. The molecule has 2 aliphatic heterocycles. The number of aromatic nitrogens is 3. The highest BCUT2D eigenvalue weighted by atomic mass is 79.9. The summed E-state index contributed by atoms with van der Waals surface area (Å²) in [6.45, 7) is 0.671. The number of rotatable bonds is 1. The quantitative estimate of drug-likeness (QED) is 0.348. The Balaban J connectivity index is 1.92. The minimum atomic E-state index is -5.09. The minimum Gasteiger partial charge on any atom is -0.415 e. The van der Waals surface area contributed by atoms with E-state index < -0.39 is 40.6 Å².